The SMILES string of the molecule is Cc1ncc(C(=O)N2CC[C@@H](O)[C@](Cc3ccccc3)(C(=O)O)C2)c(=O)[nH]1. The first-order chi connectivity index (χ1) is 12.8. The van der Waals surface area contributed by atoms with Gasteiger partial charge >= 0.3 is 5.97 Å². The fraction of sp³-hybridized carbons (Fsp3) is 0.368. The molecule has 8 nitrogen and oxygen atoms in total. The number of nitrogens with one attached hydrogen (secondary N) is 1. The number of nitrogens with zero attached hydrogens (tertiary/aromatic N) is 2. The number of hydrogen-bond donors (Lipinski definition) is 3. The van der Waals surface area contributed by atoms with Crippen LogP contribution in [0, 0.1) is 12.3 Å². The van der Waals surface area contributed by atoms with Crippen molar-refractivity contribution >= 4 is 11.9 Å². The van der Waals surface area contributed by atoms with Gasteiger partial charge in [-0.2, -0.15) is 0 Å². The minimum Gasteiger partial charge on any atom is -0.481 e. The average Bonchev–Trinajstić information content (AvgIpc) is 2.64. The van der Waals surface area contributed by atoms with Crippen molar-refractivity contribution in [2.45, 2.75) is 25.9 Å². The average molecular weight is 371 g/mol. The Morgan fingerprint density at radius 2 is 2.04 bits per heavy atom. The third kappa shape index (κ3) is 3.61. The number of amides is 1. The van der Waals surface area contributed by atoms with Gasteiger partial charge in [0.1, 0.15) is 16.8 Å². The van der Waals surface area contributed by atoms with E-state index >= 15 is 0 Å². The molecule has 0 unspecified atom stereocenters. The minimum absolute atomic E-state index is 0.0800. The second-order valence-corrected chi connectivity index (χ2v) is 6.87. The van der Waals surface area contributed by atoms with Crippen molar-refractivity contribution in [1.29, 1.82) is 0 Å². The highest BCUT2D eigenvalue weighted by Gasteiger charge is 2.50. The van der Waals surface area contributed by atoms with E-state index in [4.69, 9.17) is 0 Å². The lowest BCUT2D eigenvalue weighted by Crippen LogP contribution is -2.58. The molecule has 8 heteroatoms. The van der Waals surface area contributed by atoms with Gasteiger partial charge in [0, 0.05) is 19.3 Å². The van der Waals surface area contributed by atoms with E-state index in [1.165, 1.54) is 11.1 Å². The van der Waals surface area contributed by atoms with Gasteiger partial charge in [0.15, 0.2) is 0 Å². The molecule has 2 atom stereocenters. The molecule has 1 saturated heterocycles. The predicted molar refractivity (Wildman–Crippen MR) is 96.3 cm³/mol. The van der Waals surface area contributed by atoms with Crippen molar-refractivity contribution in [3.05, 3.63) is 63.8 Å². The highest BCUT2D eigenvalue weighted by Crippen LogP contribution is 2.35. The second-order valence-electron chi connectivity index (χ2n) is 6.87. The fourth-order valence-corrected chi connectivity index (χ4v) is 3.48. The zero-order chi connectivity index (χ0) is 19.6. The van der Waals surface area contributed by atoms with E-state index in [9.17, 15) is 24.6 Å². The molecule has 27 heavy (non-hydrogen) atoms. The number of rotatable bonds is 4. The lowest BCUT2D eigenvalue weighted by Gasteiger charge is -2.43. The Hall–Kier alpha value is -3.00. The summed E-state index contributed by atoms with van der Waals surface area (Å²) in [6.45, 7) is 1.57. The number of carbonyl (C=O) groups excluding carboxylic acids is 1. The molecular formula is C19H21N3O5. The van der Waals surface area contributed by atoms with E-state index in [1.807, 2.05) is 6.07 Å². The van der Waals surface area contributed by atoms with Crippen molar-refractivity contribution in [2.24, 2.45) is 5.41 Å². The van der Waals surface area contributed by atoms with E-state index in [-0.39, 0.29) is 31.5 Å². The van der Waals surface area contributed by atoms with Crippen LogP contribution in [0.5, 0.6) is 0 Å². The summed E-state index contributed by atoms with van der Waals surface area (Å²) in [5.74, 6) is -1.38. The summed E-state index contributed by atoms with van der Waals surface area (Å²) < 4.78 is 0. The summed E-state index contributed by atoms with van der Waals surface area (Å²) in [5, 5.41) is 20.4. The molecule has 0 aliphatic carbocycles. The number of likely N-dealkylation sites (tertiary alicyclic amines) is 1. The second kappa shape index (κ2) is 7.32. The third-order valence-electron chi connectivity index (χ3n) is 5.02. The molecule has 1 amide bonds. The lowest BCUT2D eigenvalue weighted by atomic mass is 9.72. The van der Waals surface area contributed by atoms with Gasteiger partial charge in [-0.05, 0) is 25.3 Å². The molecule has 0 spiro atoms. The number of aromatic amines is 1. The highest BCUT2D eigenvalue weighted by atomic mass is 16.4. The van der Waals surface area contributed by atoms with Crippen molar-refractivity contribution in [2.75, 3.05) is 13.1 Å². The van der Waals surface area contributed by atoms with Crippen molar-refractivity contribution in [1.82, 2.24) is 14.9 Å². The first-order valence-corrected chi connectivity index (χ1v) is 8.64. The molecule has 3 rings (SSSR count). The van der Waals surface area contributed by atoms with Crippen LogP contribution in [0.15, 0.2) is 41.3 Å². The summed E-state index contributed by atoms with van der Waals surface area (Å²) in [4.78, 5) is 44.7. The Kier molecular flexibility index (Phi) is 5.09. The van der Waals surface area contributed by atoms with Gasteiger partial charge in [-0.15, -0.1) is 0 Å². The molecule has 0 saturated carbocycles. The van der Waals surface area contributed by atoms with Crippen molar-refractivity contribution in [3.63, 3.8) is 0 Å². The first-order valence-electron chi connectivity index (χ1n) is 8.64. The number of carboxylic acid groups (broad SMARTS) is 1. The van der Waals surface area contributed by atoms with Gasteiger partial charge in [-0.25, -0.2) is 4.98 Å². The van der Waals surface area contributed by atoms with Crippen LogP contribution in [0.1, 0.15) is 28.2 Å². The van der Waals surface area contributed by atoms with E-state index in [2.05, 4.69) is 9.97 Å². The number of benzene rings is 1. The van der Waals surface area contributed by atoms with Gasteiger partial charge in [0.05, 0.1) is 6.10 Å². The molecule has 1 aromatic carbocycles. The van der Waals surface area contributed by atoms with Crippen LogP contribution in [0.3, 0.4) is 0 Å². The number of aliphatic hydroxyl groups is 1. The van der Waals surface area contributed by atoms with E-state index < -0.39 is 29.0 Å². The molecule has 1 aromatic heterocycles. The van der Waals surface area contributed by atoms with Crippen LogP contribution in [0.2, 0.25) is 0 Å². The molecule has 1 fully saturated rings. The number of piperidine rings is 1. The molecular weight excluding hydrogens is 350 g/mol. The highest BCUT2D eigenvalue weighted by molar-refractivity contribution is 5.94. The van der Waals surface area contributed by atoms with Crippen LogP contribution in [0.25, 0.3) is 0 Å². The maximum absolute atomic E-state index is 12.8. The quantitative estimate of drug-likeness (QED) is 0.723. The van der Waals surface area contributed by atoms with Gasteiger partial charge in [0.2, 0.25) is 0 Å². The van der Waals surface area contributed by atoms with Crippen LogP contribution >= 0.6 is 0 Å². The molecule has 0 radical (unpaired) electrons. The summed E-state index contributed by atoms with van der Waals surface area (Å²) in [6, 6.07) is 8.97. The summed E-state index contributed by atoms with van der Waals surface area (Å²) in [7, 11) is 0. The third-order valence-corrected chi connectivity index (χ3v) is 5.02. The molecule has 3 N–H and O–H groups in total. The Bertz CT molecular complexity index is 911. The number of hydrogen-bond acceptors (Lipinski definition) is 5. The van der Waals surface area contributed by atoms with Gasteiger partial charge < -0.3 is 20.1 Å². The van der Waals surface area contributed by atoms with E-state index in [1.54, 1.807) is 31.2 Å². The van der Waals surface area contributed by atoms with Crippen LogP contribution in [-0.4, -0.2) is 56.2 Å². The smallest absolute Gasteiger partial charge is 0.314 e. The van der Waals surface area contributed by atoms with Gasteiger partial charge in [0.25, 0.3) is 11.5 Å². The number of carboxylic acids is 1. The zero-order valence-electron chi connectivity index (χ0n) is 14.9. The predicted octanol–water partition coefficient (Wildman–Crippen LogP) is 0.599. The molecule has 142 valence electrons. The summed E-state index contributed by atoms with van der Waals surface area (Å²) in [6.07, 6.45) is 0.286. The molecule has 0 bridgehead atoms. The largest absolute Gasteiger partial charge is 0.481 e. The van der Waals surface area contributed by atoms with Crippen molar-refractivity contribution in [3.8, 4) is 0 Å². The number of H-pyrrole nitrogens is 1. The summed E-state index contributed by atoms with van der Waals surface area (Å²) >= 11 is 0. The minimum atomic E-state index is -1.54. The van der Waals surface area contributed by atoms with E-state index in [0.717, 1.165) is 5.56 Å². The topological polar surface area (TPSA) is 124 Å². The molecule has 1 aliphatic heterocycles. The number of aliphatic hydroxyl groups excluding tert-OH is 1. The zero-order valence-corrected chi connectivity index (χ0v) is 14.9. The normalized spacial score (nSPS) is 22.4. The Balaban J connectivity index is 1.92. The maximum atomic E-state index is 12.8. The Morgan fingerprint density at radius 3 is 2.67 bits per heavy atom. The monoisotopic (exact) mass is 371 g/mol. The fourth-order valence-electron chi connectivity index (χ4n) is 3.48. The number of carbonyl (C=O) groups is 2. The standard InChI is InChI=1S/C19H21N3O5/c1-12-20-10-14(16(24)21-12)17(25)22-8-7-15(23)19(11-22,18(26)27)9-13-5-3-2-4-6-13/h2-6,10,15,23H,7-9,11H2,1H3,(H,26,27)(H,20,21,24)/t15-,19-/m1/s1. The first kappa shape index (κ1) is 18.8. The maximum Gasteiger partial charge on any atom is 0.314 e. The molecule has 2 aromatic rings. The van der Waals surface area contributed by atoms with Crippen LogP contribution < -0.4 is 5.56 Å². The van der Waals surface area contributed by atoms with Crippen LogP contribution in [-0.2, 0) is 11.2 Å². The van der Waals surface area contributed by atoms with Crippen LogP contribution in [0.4, 0.5) is 0 Å². The number of aromatic nitrogens is 2. The van der Waals surface area contributed by atoms with Gasteiger partial charge in [-0.3, -0.25) is 14.4 Å². The Morgan fingerprint density at radius 1 is 1.33 bits per heavy atom. The Labute approximate surface area is 155 Å². The molecule has 2 heterocycles. The number of aliphatic carboxylic acids is 1. The van der Waals surface area contributed by atoms with Crippen molar-refractivity contribution < 1.29 is 19.8 Å². The number of aryl methyl sites for hydroxylation is 1. The summed E-state index contributed by atoms with van der Waals surface area (Å²) in [5.41, 5.74) is -1.50. The lowest BCUT2D eigenvalue weighted by molar-refractivity contribution is -0.161. The van der Waals surface area contributed by atoms with E-state index in [0.29, 0.717) is 5.82 Å². The molecule has 1 aliphatic rings. The van der Waals surface area contributed by atoms with Gasteiger partial charge in [-0.1, -0.05) is 30.3 Å².